The second-order valence-electron chi connectivity index (χ2n) is 12.3. The number of unbranched alkanes of at least 4 members (excludes halogenated alkanes) is 1. The summed E-state index contributed by atoms with van der Waals surface area (Å²) >= 11 is 0. The van der Waals surface area contributed by atoms with Crippen LogP contribution < -0.4 is 4.74 Å². The Balaban J connectivity index is 1.14. The molecule has 7 atom stereocenters. The topological polar surface area (TPSA) is 29.5 Å². The maximum absolute atomic E-state index is 12.9. The van der Waals surface area contributed by atoms with Crippen LogP contribution in [0.25, 0.3) is 0 Å². The van der Waals surface area contributed by atoms with Gasteiger partial charge >= 0.3 is 6.18 Å². The van der Waals surface area contributed by atoms with Crippen molar-refractivity contribution >= 4 is 0 Å². The lowest BCUT2D eigenvalue weighted by atomic mass is 9.47. The average Bonchev–Trinajstić information content (AvgIpc) is 3.15. The van der Waals surface area contributed by atoms with Crippen LogP contribution in [0.4, 0.5) is 13.2 Å². The zero-order valence-electron chi connectivity index (χ0n) is 21.2. The molecule has 4 aliphatic rings. The van der Waals surface area contributed by atoms with Crippen molar-refractivity contribution in [3.05, 3.63) is 41.5 Å². The molecule has 0 heterocycles. The van der Waals surface area contributed by atoms with Gasteiger partial charge in [-0.15, -0.1) is 0 Å². The van der Waals surface area contributed by atoms with Gasteiger partial charge in [0.15, 0.2) is 0 Å². The number of allylic oxidation sites excluding steroid dienone is 1. The quantitative estimate of drug-likeness (QED) is 0.322. The number of alkyl halides is 3. The van der Waals surface area contributed by atoms with E-state index in [1.165, 1.54) is 50.2 Å². The predicted octanol–water partition coefficient (Wildman–Crippen LogP) is 8.19. The fourth-order valence-electron chi connectivity index (χ4n) is 8.67. The zero-order chi connectivity index (χ0) is 24.8. The molecule has 2 nitrogen and oxygen atoms in total. The van der Waals surface area contributed by atoms with E-state index in [1.807, 2.05) is 0 Å². The van der Waals surface area contributed by atoms with Crippen LogP contribution in [-0.4, -0.2) is 17.8 Å². The van der Waals surface area contributed by atoms with Crippen LogP contribution in [0.3, 0.4) is 0 Å². The summed E-state index contributed by atoms with van der Waals surface area (Å²) in [6, 6.07) is 5.19. The Labute approximate surface area is 208 Å². The Morgan fingerprint density at radius 1 is 1.03 bits per heavy atom. The molecule has 5 rings (SSSR count). The minimum atomic E-state index is -4.34. The molecule has 0 saturated heterocycles. The van der Waals surface area contributed by atoms with E-state index in [1.54, 1.807) is 6.07 Å². The van der Waals surface area contributed by atoms with E-state index >= 15 is 0 Å². The van der Waals surface area contributed by atoms with Gasteiger partial charge in [0.05, 0.1) is 18.3 Å². The van der Waals surface area contributed by atoms with Crippen molar-refractivity contribution in [2.24, 2.45) is 34.5 Å². The molecule has 0 radical (unpaired) electrons. The van der Waals surface area contributed by atoms with E-state index in [0.717, 1.165) is 67.9 Å². The number of fused-ring (bicyclic) bond motifs is 5. The van der Waals surface area contributed by atoms with Crippen molar-refractivity contribution in [2.45, 2.75) is 96.8 Å². The minimum Gasteiger partial charge on any atom is -0.494 e. The van der Waals surface area contributed by atoms with Gasteiger partial charge < -0.3 is 9.84 Å². The lowest BCUT2D eigenvalue weighted by Gasteiger charge is -2.58. The van der Waals surface area contributed by atoms with E-state index in [9.17, 15) is 18.3 Å². The fraction of sp³-hybridized carbons (Fsp3) is 0.733. The molecule has 0 amide bonds. The Bertz CT molecular complexity index is 940. The van der Waals surface area contributed by atoms with Crippen molar-refractivity contribution in [1.82, 2.24) is 0 Å². The lowest BCUT2D eigenvalue weighted by molar-refractivity contribution is -0.137. The van der Waals surface area contributed by atoms with Crippen LogP contribution in [0, 0.1) is 34.5 Å². The van der Waals surface area contributed by atoms with Gasteiger partial charge in [0.25, 0.3) is 0 Å². The number of aliphatic hydroxyl groups is 1. The van der Waals surface area contributed by atoms with Gasteiger partial charge in [0.1, 0.15) is 5.75 Å². The zero-order valence-corrected chi connectivity index (χ0v) is 21.2. The maximum Gasteiger partial charge on any atom is 0.416 e. The normalized spacial score (nSPS) is 38.8. The van der Waals surface area contributed by atoms with Gasteiger partial charge in [-0.05, 0) is 123 Å². The summed E-state index contributed by atoms with van der Waals surface area (Å²) in [5.74, 6) is 3.40. The third-order valence-electron chi connectivity index (χ3n) is 10.7. The fourth-order valence-corrected chi connectivity index (χ4v) is 8.67. The molecule has 0 spiro atoms. The van der Waals surface area contributed by atoms with Gasteiger partial charge in [-0.1, -0.05) is 31.6 Å². The molecule has 194 valence electrons. The molecule has 0 bridgehead atoms. The number of halogens is 3. The van der Waals surface area contributed by atoms with Crippen LogP contribution in [0.1, 0.15) is 90.0 Å². The molecule has 35 heavy (non-hydrogen) atoms. The monoisotopic (exact) mass is 490 g/mol. The van der Waals surface area contributed by atoms with Gasteiger partial charge in [0.2, 0.25) is 0 Å². The molecule has 0 aromatic heterocycles. The first-order chi connectivity index (χ1) is 16.6. The molecule has 4 aliphatic carbocycles. The van der Waals surface area contributed by atoms with Crippen molar-refractivity contribution < 1.29 is 23.0 Å². The number of benzene rings is 1. The number of hydrogen-bond acceptors (Lipinski definition) is 2. The minimum absolute atomic E-state index is 0.145. The Morgan fingerprint density at radius 2 is 1.86 bits per heavy atom. The molecule has 5 heteroatoms. The Kier molecular flexibility index (Phi) is 6.78. The van der Waals surface area contributed by atoms with Crippen molar-refractivity contribution in [3.8, 4) is 5.75 Å². The second-order valence-corrected chi connectivity index (χ2v) is 12.3. The van der Waals surface area contributed by atoms with Gasteiger partial charge in [-0.25, -0.2) is 0 Å². The van der Waals surface area contributed by atoms with Crippen LogP contribution in [0.15, 0.2) is 35.9 Å². The van der Waals surface area contributed by atoms with Gasteiger partial charge in [-0.3, -0.25) is 0 Å². The molecule has 3 fully saturated rings. The smallest absolute Gasteiger partial charge is 0.416 e. The van der Waals surface area contributed by atoms with E-state index in [2.05, 4.69) is 19.9 Å². The van der Waals surface area contributed by atoms with E-state index in [0.29, 0.717) is 23.2 Å². The predicted molar refractivity (Wildman–Crippen MR) is 132 cm³/mol. The van der Waals surface area contributed by atoms with Crippen molar-refractivity contribution in [1.29, 1.82) is 0 Å². The highest BCUT2D eigenvalue weighted by molar-refractivity contribution is 5.30. The van der Waals surface area contributed by atoms with Crippen LogP contribution in [0.5, 0.6) is 5.75 Å². The van der Waals surface area contributed by atoms with Crippen LogP contribution in [-0.2, 0) is 6.18 Å². The van der Waals surface area contributed by atoms with E-state index in [4.69, 9.17) is 4.74 Å². The summed E-state index contributed by atoms with van der Waals surface area (Å²) in [7, 11) is 0. The first kappa shape index (κ1) is 25.2. The number of ether oxygens (including phenoxy) is 1. The van der Waals surface area contributed by atoms with Gasteiger partial charge in [0, 0.05) is 0 Å². The number of hydrogen-bond donors (Lipinski definition) is 1. The molecule has 0 aliphatic heterocycles. The van der Waals surface area contributed by atoms with Crippen molar-refractivity contribution in [2.75, 3.05) is 6.61 Å². The highest BCUT2D eigenvalue weighted by Gasteiger charge is 2.58. The van der Waals surface area contributed by atoms with Crippen LogP contribution >= 0.6 is 0 Å². The van der Waals surface area contributed by atoms with E-state index in [-0.39, 0.29) is 6.10 Å². The third kappa shape index (κ3) is 4.67. The lowest BCUT2D eigenvalue weighted by Crippen LogP contribution is -2.50. The maximum atomic E-state index is 12.9. The second kappa shape index (κ2) is 9.43. The first-order valence-electron chi connectivity index (χ1n) is 13.8. The summed E-state index contributed by atoms with van der Waals surface area (Å²) in [6.07, 6.45) is 10.6. The molecular weight excluding hydrogens is 449 g/mol. The summed E-state index contributed by atoms with van der Waals surface area (Å²) in [6.45, 7) is 5.51. The Morgan fingerprint density at radius 3 is 2.66 bits per heavy atom. The molecule has 7 unspecified atom stereocenters. The summed E-state index contributed by atoms with van der Waals surface area (Å²) in [5, 5.41) is 10.2. The highest BCUT2D eigenvalue weighted by Crippen LogP contribution is 2.66. The molecule has 1 aromatic carbocycles. The van der Waals surface area contributed by atoms with Gasteiger partial charge in [-0.2, -0.15) is 13.2 Å². The van der Waals surface area contributed by atoms with Crippen LogP contribution in [0.2, 0.25) is 0 Å². The standard InChI is InChI=1S/C30H41F3O2/c1-28-16-14-27-25(11-9-21-18-23(34)13-15-29(21,27)2)26(28)12-10-20(28)6-3-4-17-35-24-8-5-7-22(19-24)30(31,32)33/h5,7-9,19-20,23,25-27,34H,3-4,6,10-18H2,1-2H3. The SMILES string of the molecule is CC12CCC(O)CC1=CCC1C2CCC2(C)C(CCCCOc3cccc(C(F)(F)F)c3)CCC12. The third-order valence-corrected chi connectivity index (χ3v) is 10.7. The summed E-state index contributed by atoms with van der Waals surface area (Å²) < 4.78 is 44.4. The average molecular weight is 491 g/mol. The first-order valence-corrected chi connectivity index (χ1v) is 13.8. The summed E-state index contributed by atoms with van der Waals surface area (Å²) in [5.41, 5.74) is 1.59. The molecule has 3 saturated carbocycles. The largest absolute Gasteiger partial charge is 0.494 e. The van der Waals surface area contributed by atoms with E-state index < -0.39 is 11.7 Å². The molecular formula is C30H41F3O2. The molecule has 1 aromatic rings. The molecule has 1 N–H and O–H groups in total. The number of aliphatic hydroxyl groups excluding tert-OH is 1. The Hall–Kier alpha value is -1.49. The highest BCUT2D eigenvalue weighted by atomic mass is 19.4. The van der Waals surface area contributed by atoms with Crippen molar-refractivity contribution in [3.63, 3.8) is 0 Å². The number of rotatable bonds is 6. The summed E-state index contributed by atoms with van der Waals surface area (Å²) in [4.78, 5) is 0.